The number of thiophene rings is 1. The number of alkyl halides is 3. The molecule has 0 atom stereocenters. The van der Waals surface area contributed by atoms with Crippen LogP contribution in [0.4, 0.5) is 13.2 Å². The Balaban J connectivity index is 1.96. The SMILES string of the molecule is CN=C(NCc1cccs1)NCc1ccc(C)cc1OCC(F)(F)F. The highest BCUT2D eigenvalue weighted by Crippen LogP contribution is 2.23. The van der Waals surface area contributed by atoms with E-state index in [1.165, 1.54) is 0 Å². The molecule has 0 saturated heterocycles. The van der Waals surface area contributed by atoms with Crippen molar-refractivity contribution >= 4 is 17.3 Å². The molecule has 0 spiro atoms. The van der Waals surface area contributed by atoms with Gasteiger partial charge in [-0.25, -0.2) is 0 Å². The molecule has 0 amide bonds. The van der Waals surface area contributed by atoms with Crippen LogP contribution in [0.2, 0.25) is 0 Å². The lowest BCUT2D eigenvalue weighted by Crippen LogP contribution is -2.36. The molecule has 2 rings (SSSR count). The molecule has 2 N–H and O–H groups in total. The summed E-state index contributed by atoms with van der Waals surface area (Å²) in [4.78, 5) is 5.27. The average Bonchev–Trinajstić information content (AvgIpc) is 3.07. The Kier molecular flexibility index (Phi) is 6.69. The summed E-state index contributed by atoms with van der Waals surface area (Å²) < 4.78 is 42.2. The zero-order valence-corrected chi connectivity index (χ0v) is 14.8. The van der Waals surface area contributed by atoms with E-state index in [0.717, 1.165) is 10.4 Å². The zero-order valence-electron chi connectivity index (χ0n) is 14.0. The molecule has 1 heterocycles. The predicted octanol–water partition coefficient (Wildman–Crippen LogP) is 3.86. The largest absolute Gasteiger partial charge is 0.484 e. The number of hydrogen-bond donors (Lipinski definition) is 2. The second-order valence-electron chi connectivity index (χ2n) is 5.37. The normalized spacial score (nSPS) is 12.1. The number of ether oxygens (including phenoxy) is 1. The summed E-state index contributed by atoms with van der Waals surface area (Å²) in [6, 6.07) is 9.16. The standard InChI is InChI=1S/C17H20F3N3OS/c1-12-5-6-13(15(8-12)24-11-17(18,19)20)9-22-16(21-2)23-10-14-4-3-7-25-14/h3-8H,9-11H2,1-2H3,(H2,21,22,23). The highest BCUT2D eigenvalue weighted by atomic mass is 32.1. The quantitative estimate of drug-likeness (QED) is 0.599. The number of halogens is 3. The van der Waals surface area contributed by atoms with Crippen LogP contribution in [0.5, 0.6) is 5.75 Å². The fourth-order valence-electron chi connectivity index (χ4n) is 2.09. The van der Waals surface area contributed by atoms with E-state index in [2.05, 4.69) is 15.6 Å². The first kappa shape index (κ1) is 19.1. The average molecular weight is 371 g/mol. The number of rotatable bonds is 6. The first-order valence-corrected chi connectivity index (χ1v) is 8.51. The van der Waals surface area contributed by atoms with Crippen molar-refractivity contribution in [1.29, 1.82) is 0 Å². The van der Waals surface area contributed by atoms with Gasteiger partial charge in [0.2, 0.25) is 0 Å². The van der Waals surface area contributed by atoms with Crippen molar-refractivity contribution in [3.05, 3.63) is 51.7 Å². The first-order valence-electron chi connectivity index (χ1n) is 7.63. The van der Waals surface area contributed by atoms with Crippen molar-refractivity contribution in [3.8, 4) is 5.75 Å². The van der Waals surface area contributed by atoms with Gasteiger partial charge in [-0.3, -0.25) is 4.99 Å². The number of aryl methyl sites for hydroxylation is 1. The van der Waals surface area contributed by atoms with E-state index in [1.807, 2.05) is 23.6 Å². The van der Waals surface area contributed by atoms with Crippen LogP contribution < -0.4 is 15.4 Å². The Morgan fingerprint density at radius 2 is 1.96 bits per heavy atom. The Labute approximate surface area is 148 Å². The molecule has 1 aromatic heterocycles. The fraction of sp³-hybridized carbons (Fsp3) is 0.353. The van der Waals surface area contributed by atoms with Gasteiger partial charge in [0.1, 0.15) is 5.75 Å². The third-order valence-corrected chi connectivity index (χ3v) is 4.17. The molecule has 1 aromatic carbocycles. The lowest BCUT2D eigenvalue weighted by atomic mass is 10.1. The molecule has 0 saturated carbocycles. The molecule has 4 nitrogen and oxygen atoms in total. The summed E-state index contributed by atoms with van der Waals surface area (Å²) >= 11 is 1.63. The summed E-state index contributed by atoms with van der Waals surface area (Å²) in [6.07, 6.45) is -4.37. The minimum Gasteiger partial charge on any atom is -0.484 e. The van der Waals surface area contributed by atoms with Crippen LogP contribution in [0.1, 0.15) is 16.0 Å². The molecule has 0 aliphatic carbocycles. The van der Waals surface area contributed by atoms with E-state index in [4.69, 9.17) is 4.74 Å². The summed E-state index contributed by atoms with van der Waals surface area (Å²) in [5.41, 5.74) is 1.47. The minimum atomic E-state index is -4.37. The monoisotopic (exact) mass is 371 g/mol. The first-order chi connectivity index (χ1) is 11.9. The van der Waals surface area contributed by atoms with Crippen molar-refractivity contribution in [2.45, 2.75) is 26.2 Å². The van der Waals surface area contributed by atoms with Gasteiger partial charge in [-0.1, -0.05) is 18.2 Å². The third-order valence-electron chi connectivity index (χ3n) is 3.29. The van der Waals surface area contributed by atoms with Crippen molar-refractivity contribution < 1.29 is 17.9 Å². The van der Waals surface area contributed by atoms with Crippen molar-refractivity contribution in [2.24, 2.45) is 4.99 Å². The van der Waals surface area contributed by atoms with E-state index in [9.17, 15) is 13.2 Å². The van der Waals surface area contributed by atoms with Gasteiger partial charge in [-0.05, 0) is 30.0 Å². The van der Waals surface area contributed by atoms with Crippen LogP contribution in [0.3, 0.4) is 0 Å². The van der Waals surface area contributed by atoms with Gasteiger partial charge in [0.25, 0.3) is 0 Å². The zero-order chi connectivity index (χ0) is 18.3. The van der Waals surface area contributed by atoms with E-state index in [0.29, 0.717) is 24.6 Å². The van der Waals surface area contributed by atoms with Gasteiger partial charge >= 0.3 is 6.18 Å². The topological polar surface area (TPSA) is 45.7 Å². The molecule has 0 bridgehead atoms. The number of nitrogens with zero attached hydrogens (tertiary/aromatic N) is 1. The van der Waals surface area contributed by atoms with E-state index >= 15 is 0 Å². The molecular weight excluding hydrogens is 351 g/mol. The summed E-state index contributed by atoms with van der Waals surface area (Å²) in [6.45, 7) is 1.42. The number of benzene rings is 1. The molecule has 8 heteroatoms. The summed E-state index contributed by atoms with van der Waals surface area (Å²) in [7, 11) is 1.64. The minimum absolute atomic E-state index is 0.221. The number of aliphatic imine (C=N–C) groups is 1. The molecule has 0 unspecified atom stereocenters. The van der Waals surface area contributed by atoms with Crippen LogP contribution in [0, 0.1) is 6.92 Å². The summed E-state index contributed by atoms with van der Waals surface area (Å²) in [5, 5.41) is 8.23. The maximum atomic E-state index is 12.4. The van der Waals surface area contributed by atoms with Crippen LogP contribution in [0.15, 0.2) is 40.7 Å². The maximum absolute atomic E-state index is 12.4. The van der Waals surface area contributed by atoms with Crippen molar-refractivity contribution in [3.63, 3.8) is 0 Å². The maximum Gasteiger partial charge on any atom is 0.422 e. The van der Waals surface area contributed by atoms with E-state index < -0.39 is 12.8 Å². The molecule has 0 fully saturated rings. The van der Waals surface area contributed by atoms with Crippen LogP contribution in [-0.2, 0) is 13.1 Å². The smallest absolute Gasteiger partial charge is 0.422 e. The van der Waals surface area contributed by atoms with Crippen molar-refractivity contribution in [2.75, 3.05) is 13.7 Å². The third kappa shape index (κ3) is 6.66. The molecular formula is C17H20F3N3OS. The van der Waals surface area contributed by atoms with Gasteiger partial charge in [-0.2, -0.15) is 13.2 Å². The van der Waals surface area contributed by atoms with Gasteiger partial charge in [0, 0.05) is 24.0 Å². The fourth-order valence-corrected chi connectivity index (χ4v) is 2.73. The second-order valence-corrected chi connectivity index (χ2v) is 6.41. The highest BCUT2D eigenvalue weighted by molar-refractivity contribution is 7.09. The Hall–Kier alpha value is -2.22. The summed E-state index contributed by atoms with van der Waals surface area (Å²) in [5.74, 6) is 0.786. The molecule has 2 aromatic rings. The number of guanidine groups is 1. The van der Waals surface area contributed by atoms with Gasteiger partial charge in [-0.15, -0.1) is 11.3 Å². The predicted molar refractivity (Wildman–Crippen MR) is 94.1 cm³/mol. The van der Waals surface area contributed by atoms with Crippen molar-refractivity contribution in [1.82, 2.24) is 10.6 Å². The van der Waals surface area contributed by atoms with E-state index in [1.54, 1.807) is 37.4 Å². The molecule has 0 aliphatic rings. The second kappa shape index (κ2) is 8.75. The van der Waals surface area contributed by atoms with Crippen LogP contribution in [0.25, 0.3) is 0 Å². The Morgan fingerprint density at radius 1 is 1.20 bits per heavy atom. The van der Waals surface area contributed by atoms with Gasteiger partial charge < -0.3 is 15.4 Å². The molecule has 0 aliphatic heterocycles. The molecule has 136 valence electrons. The Bertz CT molecular complexity index is 700. The van der Waals surface area contributed by atoms with Gasteiger partial charge in [0.15, 0.2) is 12.6 Å². The van der Waals surface area contributed by atoms with Gasteiger partial charge in [0.05, 0.1) is 6.54 Å². The Morgan fingerprint density at radius 3 is 2.60 bits per heavy atom. The lowest BCUT2D eigenvalue weighted by Gasteiger charge is -2.16. The molecule has 0 radical (unpaired) electrons. The van der Waals surface area contributed by atoms with Crippen LogP contribution >= 0.6 is 11.3 Å². The number of nitrogens with one attached hydrogen (secondary N) is 2. The van der Waals surface area contributed by atoms with E-state index in [-0.39, 0.29) is 5.75 Å². The molecule has 25 heavy (non-hydrogen) atoms. The van der Waals surface area contributed by atoms with Crippen LogP contribution in [-0.4, -0.2) is 25.8 Å². The highest BCUT2D eigenvalue weighted by Gasteiger charge is 2.28. The number of hydrogen-bond acceptors (Lipinski definition) is 3. The lowest BCUT2D eigenvalue weighted by molar-refractivity contribution is -0.153.